The molecule has 2 aromatic carbocycles. The largest absolute Gasteiger partial charge is 0.378 e. The van der Waals surface area contributed by atoms with Gasteiger partial charge in [0.25, 0.3) is 5.91 Å². The number of anilines is 2. The van der Waals surface area contributed by atoms with Crippen molar-refractivity contribution in [3.63, 3.8) is 0 Å². The molecule has 0 heterocycles. The lowest BCUT2D eigenvalue weighted by atomic mass is 10.1. The highest BCUT2D eigenvalue weighted by Crippen LogP contribution is 2.19. The monoisotopic (exact) mass is 288 g/mol. The summed E-state index contributed by atoms with van der Waals surface area (Å²) in [6.45, 7) is 0. The molecule has 0 aliphatic carbocycles. The van der Waals surface area contributed by atoms with Crippen LogP contribution in [0.5, 0.6) is 0 Å². The Labute approximate surface area is 124 Å². The van der Waals surface area contributed by atoms with Crippen molar-refractivity contribution in [2.45, 2.75) is 5.88 Å². The van der Waals surface area contributed by atoms with Crippen molar-refractivity contribution >= 4 is 28.9 Å². The normalized spacial score (nSPS) is 10.2. The van der Waals surface area contributed by atoms with Gasteiger partial charge in [-0.2, -0.15) is 0 Å². The van der Waals surface area contributed by atoms with Crippen LogP contribution in [0.3, 0.4) is 0 Å². The zero-order valence-corrected chi connectivity index (χ0v) is 12.3. The van der Waals surface area contributed by atoms with Crippen LogP contribution in [0.4, 0.5) is 11.4 Å². The Kier molecular flexibility index (Phi) is 4.64. The van der Waals surface area contributed by atoms with Gasteiger partial charge in [-0.15, -0.1) is 11.6 Å². The molecule has 0 fully saturated rings. The minimum Gasteiger partial charge on any atom is -0.378 e. The van der Waals surface area contributed by atoms with Crippen LogP contribution >= 0.6 is 11.6 Å². The predicted molar refractivity (Wildman–Crippen MR) is 84.7 cm³/mol. The quantitative estimate of drug-likeness (QED) is 0.869. The van der Waals surface area contributed by atoms with E-state index in [2.05, 4.69) is 5.32 Å². The number of hydrogen-bond donors (Lipinski definition) is 1. The van der Waals surface area contributed by atoms with Crippen molar-refractivity contribution < 1.29 is 4.79 Å². The molecule has 0 aliphatic rings. The number of amides is 1. The van der Waals surface area contributed by atoms with E-state index in [9.17, 15) is 4.79 Å². The molecule has 0 radical (unpaired) electrons. The van der Waals surface area contributed by atoms with Crippen LogP contribution < -0.4 is 10.2 Å². The number of hydrogen-bond acceptors (Lipinski definition) is 2. The highest BCUT2D eigenvalue weighted by Gasteiger charge is 2.09. The van der Waals surface area contributed by atoms with Crippen molar-refractivity contribution in [1.82, 2.24) is 0 Å². The predicted octanol–water partition coefficient (Wildman–Crippen LogP) is 3.74. The highest BCUT2D eigenvalue weighted by molar-refractivity contribution is 6.17. The van der Waals surface area contributed by atoms with Crippen LogP contribution in [-0.4, -0.2) is 20.0 Å². The number of nitrogens with zero attached hydrogens (tertiary/aromatic N) is 1. The van der Waals surface area contributed by atoms with E-state index in [1.54, 1.807) is 6.07 Å². The van der Waals surface area contributed by atoms with Gasteiger partial charge in [0, 0.05) is 36.9 Å². The van der Waals surface area contributed by atoms with E-state index >= 15 is 0 Å². The van der Waals surface area contributed by atoms with Gasteiger partial charge in [-0.05, 0) is 29.8 Å². The molecule has 0 unspecified atom stereocenters. The molecule has 1 amide bonds. The Morgan fingerprint density at radius 1 is 1.15 bits per heavy atom. The topological polar surface area (TPSA) is 32.3 Å². The first-order valence-electron chi connectivity index (χ1n) is 6.34. The van der Waals surface area contributed by atoms with Gasteiger partial charge < -0.3 is 10.2 Å². The summed E-state index contributed by atoms with van der Waals surface area (Å²) in [5.74, 6) is 0.236. The summed E-state index contributed by atoms with van der Waals surface area (Å²) < 4.78 is 0. The number of alkyl halides is 1. The average Bonchev–Trinajstić information content (AvgIpc) is 2.48. The van der Waals surface area contributed by atoms with E-state index in [1.807, 2.05) is 61.5 Å². The maximum atomic E-state index is 12.3. The van der Waals surface area contributed by atoms with Crippen molar-refractivity contribution in [1.29, 1.82) is 0 Å². The number of benzene rings is 2. The molecule has 2 aromatic rings. The maximum Gasteiger partial charge on any atom is 0.255 e. The average molecular weight is 289 g/mol. The van der Waals surface area contributed by atoms with E-state index in [0.717, 1.165) is 16.9 Å². The SMILES string of the molecule is CN(C)c1cccc(C(=O)Nc2ccccc2CCl)c1. The van der Waals surface area contributed by atoms with Gasteiger partial charge in [0.05, 0.1) is 0 Å². The maximum absolute atomic E-state index is 12.3. The zero-order chi connectivity index (χ0) is 14.5. The molecule has 20 heavy (non-hydrogen) atoms. The van der Waals surface area contributed by atoms with E-state index in [-0.39, 0.29) is 5.91 Å². The highest BCUT2D eigenvalue weighted by atomic mass is 35.5. The smallest absolute Gasteiger partial charge is 0.255 e. The second kappa shape index (κ2) is 6.44. The molecule has 0 saturated carbocycles. The molecule has 1 N–H and O–H groups in total. The number of halogens is 1. The van der Waals surface area contributed by atoms with Crippen molar-refractivity contribution in [2.24, 2.45) is 0 Å². The zero-order valence-electron chi connectivity index (χ0n) is 11.6. The van der Waals surface area contributed by atoms with Crippen molar-refractivity contribution in [3.05, 3.63) is 59.7 Å². The Morgan fingerprint density at radius 2 is 1.90 bits per heavy atom. The lowest BCUT2D eigenvalue weighted by Crippen LogP contribution is -2.15. The third kappa shape index (κ3) is 3.31. The fraction of sp³-hybridized carbons (Fsp3) is 0.188. The minimum absolute atomic E-state index is 0.133. The molecule has 2 rings (SSSR count). The lowest BCUT2D eigenvalue weighted by Gasteiger charge is -2.14. The summed E-state index contributed by atoms with van der Waals surface area (Å²) in [5.41, 5.74) is 3.28. The number of nitrogens with one attached hydrogen (secondary N) is 1. The second-order valence-electron chi connectivity index (χ2n) is 4.69. The summed E-state index contributed by atoms with van der Waals surface area (Å²) >= 11 is 5.87. The molecule has 0 spiro atoms. The molecule has 3 nitrogen and oxygen atoms in total. The Hall–Kier alpha value is -2.00. The van der Waals surface area contributed by atoms with E-state index in [4.69, 9.17) is 11.6 Å². The minimum atomic E-state index is -0.133. The molecule has 0 aliphatic heterocycles. The number of carbonyl (C=O) groups excluding carboxylic acids is 1. The van der Waals surface area contributed by atoms with Crippen molar-refractivity contribution in [2.75, 3.05) is 24.3 Å². The summed E-state index contributed by atoms with van der Waals surface area (Å²) in [6, 6.07) is 15.0. The number of para-hydroxylation sites is 1. The molecule has 0 bridgehead atoms. The van der Waals surface area contributed by atoms with Gasteiger partial charge in [-0.25, -0.2) is 0 Å². The van der Waals surface area contributed by atoms with Crippen LogP contribution in [0, 0.1) is 0 Å². The third-order valence-electron chi connectivity index (χ3n) is 3.03. The van der Waals surface area contributed by atoms with E-state index < -0.39 is 0 Å². The molecular weight excluding hydrogens is 272 g/mol. The Balaban J connectivity index is 2.22. The first-order valence-corrected chi connectivity index (χ1v) is 6.88. The first kappa shape index (κ1) is 14.4. The van der Waals surface area contributed by atoms with Crippen LogP contribution in [0.2, 0.25) is 0 Å². The second-order valence-corrected chi connectivity index (χ2v) is 4.96. The molecule has 0 saturated heterocycles. The van der Waals surface area contributed by atoms with Gasteiger partial charge in [0.1, 0.15) is 0 Å². The van der Waals surface area contributed by atoms with Gasteiger partial charge in [0.2, 0.25) is 0 Å². The molecule has 4 heteroatoms. The fourth-order valence-corrected chi connectivity index (χ4v) is 2.11. The van der Waals surface area contributed by atoms with Gasteiger partial charge in [-0.1, -0.05) is 24.3 Å². The van der Waals surface area contributed by atoms with E-state index in [0.29, 0.717) is 11.4 Å². The third-order valence-corrected chi connectivity index (χ3v) is 3.32. The summed E-state index contributed by atoms with van der Waals surface area (Å²) in [7, 11) is 3.89. The Bertz CT molecular complexity index is 611. The molecule has 0 aromatic heterocycles. The molecule has 0 atom stereocenters. The Morgan fingerprint density at radius 3 is 2.60 bits per heavy atom. The van der Waals surface area contributed by atoms with Crippen molar-refractivity contribution in [3.8, 4) is 0 Å². The fourth-order valence-electron chi connectivity index (χ4n) is 1.88. The first-order chi connectivity index (χ1) is 9.61. The van der Waals surface area contributed by atoms with Crippen LogP contribution in [-0.2, 0) is 5.88 Å². The number of rotatable bonds is 4. The van der Waals surface area contributed by atoms with Crippen LogP contribution in [0.15, 0.2) is 48.5 Å². The molecule has 104 valence electrons. The summed E-state index contributed by atoms with van der Waals surface area (Å²) in [4.78, 5) is 14.2. The summed E-state index contributed by atoms with van der Waals surface area (Å²) in [5, 5.41) is 2.90. The molecular formula is C16H17ClN2O. The van der Waals surface area contributed by atoms with Gasteiger partial charge in [0.15, 0.2) is 0 Å². The lowest BCUT2D eigenvalue weighted by molar-refractivity contribution is 0.102. The summed E-state index contributed by atoms with van der Waals surface area (Å²) in [6.07, 6.45) is 0. The van der Waals surface area contributed by atoms with Gasteiger partial charge >= 0.3 is 0 Å². The van der Waals surface area contributed by atoms with Crippen LogP contribution in [0.1, 0.15) is 15.9 Å². The van der Waals surface area contributed by atoms with Gasteiger partial charge in [-0.3, -0.25) is 4.79 Å². The van der Waals surface area contributed by atoms with E-state index in [1.165, 1.54) is 0 Å². The number of carbonyl (C=O) groups is 1. The standard InChI is InChI=1S/C16H17ClN2O/c1-19(2)14-8-5-7-12(10-14)16(20)18-15-9-4-3-6-13(15)11-17/h3-10H,11H2,1-2H3,(H,18,20). The van der Waals surface area contributed by atoms with Crippen LogP contribution in [0.25, 0.3) is 0 Å².